The molecule has 136 valence electrons. The molecule has 0 aliphatic rings. The van der Waals surface area contributed by atoms with E-state index in [0.717, 1.165) is 12.1 Å². The average molecular weight is 390 g/mol. The Morgan fingerprint density at radius 1 is 0.963 bits per heavy atom. The number of fused-ring (bicyclic) bond motifs is 1. The average Bonchev–Trinajstić information content (AvgIpc) is 2.93. The summed E-state index contributed by atoms with van der Waals surface area (Å²) in [6, 6.07) is 6.32. The highest BCUT2D eigenvalue weighted by molar-refractivity contribution is 6.30. The van der Waals surface area contributed by atoms with Crippen molar-refractivity contribution in [1.29, 1.82) is 0 Å². The molecule has 0 atom stereocenters. The molecule has 0 radical (unpaired) electrons. The van der Waals surface area contributed by atoms with Crippen LogP contribution in [0.5, 0.6) is 0 Å². The quantitative estimate of drug-likeness (QED) is 0.539. The number of hydrogen-bond donors (Lipinski definition) is 1. The van der Waals surface area contributed by atoms with Gasteiger partial charge in [0.25, 0.3) is 0 Å². The Kier molecular flexibility index (Phi) is 4.19. The molecule has 4 aromatic rings. The van der Waals surface area contributed by atoms with E-state index in [4.69, 9.17) is 11.6 Å². The molecule has 0 saturated heterocycles. The Hall–Kier alpha value is -3.13. The van der Waals surface area contributed by atoms with E-state index in [-0.39, 0.29) is 5.02 Å². The molecule has 2 aromatic carbocycles. The zero-order chi connectivity index (χ0) is 19.1. The van der Waals surface area contributed by atoms with Gasteiger partial charge in [0.1, 0.15) is 11.6 Å². The maximum atomic E-state index is 13.7. The van der Waals surface area contributed by atoms with E-state index < -0.39 is 17.5 Å². The fourth-order valence-electron chi connectivity index (χ4n) is 2.73. The molecule has 0 aliphatic carbocycles. The Morgan fingerprint density at radius 2 is 1.74 bits per heavy atom. The van der Waals surface area contributed by atoms with E-state index in [1.807, 2.05) is 0 Å². The van der Waals surface area contributed by atoms with Crippen LogP contribution in [0.2, 0.25) is 5.02 Å². The summed E-state index contributed by atoms with van der Waals surface area (Å²) in [6.07, 6.45) is 2.91. The van der Waals surface area contributed by atoms with Crippen molar-refractivity contribution >= 4 is 34.1 Å². The number of imidazole rings is 1. The lowest BCUT2D eigenvalue weighted by Crippen LogP contribution is -2.04. The second-order valence-electron chi connectivity index (χ2n) is 5.77. The first-order chi connectivity index (χ1) is 12.9. The van der Waals surface area contributed by atoms with Gasteiger partial charge in [-0.2, -0.15) is 0 Å². The number of nitrogens with one attached hydrogen (secondary N) is 1. The van der Waals surface area contributed by atoms with Gasteiger partial charge in [0, 0.05) is 17.8 Å². The SMILES string of the molecule is Cc1nc2cc(F)c(F)cc2n1-c1cncc(Nc2ccc(Cl)c(F)c2)n1. The molecule has 0 unspecified atom stereocenters. The molecule has 0 bridgehead atoms. The third-order valence-electron chi connectivity index (χ3n) is 3.91. The zero-order valence-electron chi connectivity index (χ0n) is 13.8. The summed E-state index contributed by atoms with van der Waals surface area (Å²) in [7, 11) is 0. The molecule has 27 heavy (non-hydrogen) atoms. The van der Waals surface area contributed by atoms with E-state index in [1.54, 1.807) is 17.6 Å². The Labute approximate surface area is 156 Å². The fraction of sp³-hybridized carbons (Fsp3) is 0.0556. The standard InChI is InChI=1S/C18H11ClF3N5/c1-9-24-15-5-13(21)14(22)6-16(15)27(9)18-8-23-7-17(26-18)25-10-2-3-11(19)12(20)4-10/h2-8H,1H3,(H,25,26). The van der Waals surface area contributed by atoms with Crippen LogP contribution in [-0.4, -0.2) is 19.5 Å². The van der Waals surface area contributed by atoms with Gasteiger partial charge < -0.3 is 5.32 Å². The van der Waals surface area contributed by atoms with Crippen LogP contribution in [0.25, 0.3) is 16.9 Å². The number of aromatic nitrogens is 4. The highest BCUT2D eigenvalue weighted by Gasteiger charge is 2.15. The molecular formula is C18H11ClF3N5. The van der Waals surface area contributed by atoms with Gasteiger partial charge in [0.2, 0.25) is 0 Å². The minimum atomic E-state index is -0.984. The minimum absolute atomic E-state index is 0.00940. The van der Waals surface area contributed by atoms with E-state index in [2.05, 4.69) is 20.3 Å². The highest BCUT2D eigenvalue weighted by atomic mass is 35.5. The van der Waals surface area contributed by atoms with Crippen LogP contribution in [0.3, 0.4) is 0 Å². The van der Waals surface area contributed by atoms with Gasteiger partial charge in [-0.05, 0) is 25.1 Å². The predicted molar refractivity (Wildman–Crippen MR) is 96.0 cm³/mol. The molecule has 5 nitrogen and oxygen atoms in total. The molecule has 1 N–H and O–H groups in total. The number of aryl methyl sites for hydroxylation is 1. The maximum Gasteiger partial charge on any atom is 0.161 e. The number of benzene rings is 2. The van der Waals surface area contributed by atoms with Gasteiger partial charge in [0.05, 0.1) is 28.4 Å². The zero-order valence-corrected chi connectivity index (χ0v) is 14.6. The Morgan fingerprint density at radius 3 is 2.52 bits per heavy atom. The van der Waals surface area contributed by atoms with Crippen LogP contribution in [0.15, 0.2) is 42.7 Å². The highest BCUT2D eigenvalue weighted by Crippen LogP contribution is 2.25. The number of nitrogens with zero attached hydrogens (tertiary/aromatic N) is 4. The molecule has 0 spiro atoms. The first kappa shape index (κ1) is 17.3. The third kappa shape index (κ3) is 3.19. The molecule has 0 saturated carbocycles. The molecule has 0 aliphatic heterocycles. The first-order valence-electron chi connectivity index (χ1n) is 7.81. The summed E-state index contributed by atoms with van der Waals surface area (Å²) in [6.45, 7) is 1.69. The summed E-state index contributed by atoms with van der Waals surface area (Å²) in [5.41, 5.74) is 1.09. The first-order valence-corrected chi connectivity index (χ1v) is 8.19. The van der Waals surface area contributed by atoms with Crippen molar-refractivity contribution < 1.29 is 13.2 Å². The van der Waals surface area contributed by atoms with Crippen LogP contribution >= 0.6 is 11.6 Å². The van der Waals surface area contributed by atoms with Crippen molar-refractivity contribution in [3.8, 4) is 5.82 Å². The lowest BCUT2D eigenvalue weighted by molar-refractivity contribution is 0.510. The second-order valence-corrected chi connectivity index (χ2v) is 6.17. The third-order valence-corrected chi connectivity index (χ3v) is 4.21. The van der Waals surface area contributed by atoms with E-state index >= 15 is 0 Å². The molecule has 9 heteroatoms. The van der Waals surface area contributed by atoms with Crippen molar-refractivity contribution in [3.63, 3.8) is 0 Å². The largest absolute Gasteiger partial charge is 0.339 e. The van der Waals surface area contributed by atoms with Crippen molar-refractivity contribution in [1.82, 2.24) is 19.5 Å². The molecule has 0 fully saturated rings. The van der Waals surface area contributed by atoms with Gasteiger partial charge >= 0.3 is 0 Å². The molecular weight excluding hydrogens is 379 g/mol. The lowest BCUT2D eigenvalue weighted by atomic mass is 10.3. The van der Waals surface area contributed by atoms with Gasteiger partial charge in [-0.3, -0.25) is 9.55 Å². The van der Waals surface area contributed by atoms with Gasteiger partial charge in [0.15, 0.2) is 23.3 Å². The van der Waals surface area contributed by atoms with E-state index in [9.17, 15) is 13.2 Å². The lowest BCUT2D eigenvalue weighted by Gasteiger charge is -2.10. The topological polar surface area (TPSA) is 55.6 Å². The smallest absolute Gasteiger partial charge is 0.161 e. The van der Waals surface area contributed by atoms with Crippen molar-refractivity contribution in [2.75, 3.05) is 5.32 Å². The number of anilines is 2. The minimum Gasteiger partial charge on any atom is -0.339 e. The Bertz CT molecular complexity index is 1180. The van der Waals surface area contributed by atoms with Crippen molar-refractivity contribution in [2.24, 2.45) is 0 Å². The summed E-state index contributed by atoms with van der Waals surface area (Å²) in [4.78, 5) is 12.7. The number of rotatable bonds is 3. The van der Waals surface area contributed by atoms with Gasteiger partial charge in [-0.1, -0.05) is 11.6 Å². The van der Waals surface area contributed by atoms with Crippen LogP contribution < -0.4 is 5.32 Å². The normalized spacial score (nSPS) is 11.1. The van der Waals surface area contributed by atoms with Crippen molar-refractivity contribution in [2.45, 2.75) is 6.92 Å². The number of halogens is 4. The predicted octanol–water partition coefficient (Wildman–Crippen LogP) is 4.94. The maximum absolute atomic E-state index is 13.7. The Balaban J connectivity index is 1.76. The summed E-state index contributed by atoms with van der Waals surface area (Å²) < 4.78 is 42.3. The number of hydrogen-bond acceptors (Lipinski definition) is 4. The van der Waals surface area contributed by atoms with Crippen LogP contribution in [0.1, 0.15) is 5.82 Å². The summed E-state index contributed by atoms with van der Waals surface area (Å²) in [5.74, 6) is -1.36. The molecule has 4 rings (SSSR count). The second kappa shape index (κ2) is 6.55. The molecule has 2 aromatic heterocycles. The van der Waals surface area contributed by atoms with Crippen molar-refractivity contribution in [3.05, 3.63) is 71.0 Å². The monoisotopic (exact) mass is 389 g/mol. The summed E-state index contributed by atoms with van der Waals surface area (Å²) >= 11 is 5.67. The molecule has 2 heterocycles. The van der Waals surface area contributed by atoms with Gasteiger partial charge in [-0.25, -0.2) is 23.1 Å². The van der Waals surface area contributed by atoms with Crippen LogP contribution in [0, 0.1) is 24.4 Å². The fourth-order valence-corrected chi connectivity index (χ4v) is 2.85. The van der Waals surface area contributed by atoms with Crippen LogP contribution in [-0.2, 0) is 0 Å². The van der Waals surface area contributed by atoms with Crippen LogP contribution in [0.4, 0.5) is 24.7 Å². The van der Waals surface area contributed by atoms with Gasteiger partial charge in [-0.15, -0.1) is 0 Å². The van der Waals surface area contributed by atoms with E-state index in [1.165, 1.54) is 24.5 Å². The summed E-state index contributed by atoms with van der Waals surface area (Å²) in [5, 5.41) is 2.93. The molecule has 0 amide bonds. The van der Waals surface area contributed by atoms with E-state index in [0.29, 0.717) is 34.2 Å².